The molecular formula is C79H81N17O8S3. The minimum absolute atomic E-state index is 0.191. The molecule has 3 atom stereocenters. The highest BCUT2D eigenvalue weighted by Gasteiger charge is 2.36. The molecule has 3 aromatic heterocycles. The third-order valence-corrected chi connectivity index (χ3v) is 21.8. The number of nitrogens with zero attached hydrogens (tertiary/aromatic N) is 9. The number of nitrogens with one attached hydrogen (secondary N) is 8. The number of rotatable bonds is 22. The maximum Gasteiger partial charge on any atom is 0.319 e. The summed E-state index contributed by atoms with van der Waals surface area (Å²) in [5.74, 6) is 0.0193. The SMILES string of the molecule is CN1CCc2nc(NC(=O)c3cccc([C@H](NC(=O)Nc4ccc(C#N)cc4)C4CC4)c3)sc2C1.CN1CCc2nc(NC(=O)c3cccc([C@H](NC(=O)Nc4cccc(C#N)c4)C4CC4)c3)sc2C1.COCCN(C)C1CCc2nc(NC(=O)c3cccc(OCC(=O)Nc4ccc(C#N)cc4)c3)sc2C1. The maximum absolute atomic E-state index is 13.0. The predicted molar refractivity (Wildman–Crippen MR) is 413 cm³/mol. The molecule has 548 valence electrons. The first-order valence-electron chi connectivity index (χ1n) is 35.3. The van der Waals surface area contributed by atoms with E-state index in [1.807, 2.05) is 42.5 Å². The van der Waals surface area contributed by atoms with Crippen LogP contribution >= 0.6 is 34.0 Å². The number of aromatic nitrogens is 3. The van der Waals surface area contributed by atoms with Crippen LogP contribution in [-0.4, -0.2) is 132 Å². The lowest BCUT2D eigenvalue weighted by molar-refractivity contribution is -0.118. The maximum atomic E-state index is 13.0. The van der Waals surface area contributed by atoms with Gasteiger partial charge in [0, 0.05) is 107 Å². The molecule has 2 fully saturated rings. The van der Waals surface area contributed by atoms with Gasteiger partial charge in [0.2, 0.25) is 0 Å². The second-order valence-electron chi connectivity index (χ2n) is 26.9. The number of benzene rings is 6. The van der Waals surface area contributed by atoms with Crippen LogP contribution in [-0.2, 0) is 48.3 Å². The fraction of sp³-hybridized carbons (Fsp3) is 0.316. The number of fused-ring (bicyclic) bond motifs is 3. The Balaban J connectivity index is 0.000000150. The summed E-state index contributed by atoms with van der Waals surface area (Å²) in [6.45, 7) is 5.03. The molecule has 0 bridgehead atoms. The van der Waals surface area contributed by atoms with E-state index in [1.165, 1.54) is 48.6 Å². The summed E-state index contributed by atoms with van der Waals surface area (Å²) in [4.78, 5) is 101. The summed E-state index contributed by atoms with van der Waals surface area (Å²) in [5, 5.41) is 52.0. The Labute approximate surface area is 632 Å². The lowest BCUT2D eigenvalue weighted by atomic mass is 9.96. The molecule has 25 nitrogen and oxygen atoms in total. The summed E-state index contributed by atoms with van der Waals surface area (Å²) < 4.78 is 10.8. The van der Waals surface area contributed by atoms with Crippen molar-refractivity contribution in [2.75, 3.05) is 93.0 Å². The van der Waals surface area contributed by atoms with Gasteiger partial charge in [0.15, 0.2) is 22.0 Å². The Hall–Kier alpha value is -11.3. The normalized spacial score (nSPS) is 15.5. The van der Waals surface area contributed by atoms with Gasteiger partial charge in [-0.2, -0.15) is 15.8 Å². The van der Waals surface area contributed by atoms with E-state index in [1.54, 1.807) is 116 Å². The van der Waals surface area contributed by atoms with Gasteiger partial charge >= 0.3 is 12.1 Å². The highest BCUT2D eigenvalue weighted by molar-refractivity contribution is 7.16. The van der Waals surface area contributed by atoms with Crippen LogP contribution in [0.5, 0.6) is 5.75 Å². The standard InChI is InChI=1S/C27H29N5O4S.2C26H26N6O2S/c1-32(12-13-35-2)21-10-11-23-24(15-21)37-27(30-23)31-26(34)19-4-3-5-22(14-19)36-17-25(33)29-20-8-6-18(16-28)7-9-20;1-32-11-10-21-22(15-32)35-26(29-21)31-24(33)19-6-3-5-18(13-19)23(17-8-9-17)30-25(34)28-20-7-2-4-16(12-20)14-27;1-32-12-11-21-22(15-32)35-26(29-21)31-24(33)19-4-2-3-18(13-19)23(17-7-8-17)30-25(34)28-20-9-5-16(14-27)6-10-20/h3-9,14,21H,10-13,15,17H2,1-2H3,(H,29,33)(H,30,31,34);2-7,12-13,17,23H,8-11,15H2,1H3,(H2,28,30,34)(H,29,31,33);2-6,9-10,13,17,23H,7-8,11-12,15H2,1H3,(H2,28,30,34)(H,29,31,33)/t;2*23-/m.11/s1. The zero-order valence-corrected chi connectivity index (χ0v) is 62.0. The third-order valence-electron chi connectivity index (χ3n) is 18.8. The molecule has 5 aliphatic rings. The average molecular weight is 1490 g/mol. The van der Waals surface area contributed by atoms with Gasteiger partial charge in [-0.15, -0.1) is 34.0 Å². The Kier molecular flexibility index (Phi) is 25.2. The lowest BCUT2D eigenvalue weighted by Gasteiger charge is -2.30. The molecule has 1 unspecified atom stereocenters. The van der Waals surface area contributed by atoms with Gasteiger partial charge in [-0.3, -0.25) is 35.1 Å². The van der Waals surface area contributed by atoms with Crippen molar-refractivity contribution in [3.8, 4) is 24.0 Å². The fourth-order valence-corrected chi connectivity index (χ4v) is 15.9. The van der Waals surface area contributed by atoms with Gasteiger partial charge < -0.3 is 50.8 Å². The summed E-state index contributed by atoms with van der Waals surface area (Å²) in [5.41, 5.74) is 9.73. The average Bonchev–Trinajstić information content (AvgIpc) is 1.71. The first-order chi connectivity index (χ1) is 51.9. The van der Waals surface area contributed by atoms with Crippen LogP contribution < -0.4 is 47.3 Å². The number of ether oxygens (including phenoxy) is 2. The molecule has 5 heterocycles. The monoisotopic (exact) mass is 1490 g/mol. The van der Waals surface area contributed by atoms with Crippen LogP contribution in [0.1, 0.15) is 135 Å². The summed E-state index contributed by atoms with van der Waals surface area (Å²) in [7, 11) is 7.99. The molecule has 2 saturated carbocycles. The van der Waals surface area contributed by atoms with E-state index in [4.69, 9.17) is 25.3 Å². The van der Waals surface area contributed by atoms with Crippen molar-refractivity contribution in [3.63, 3.8) is 0 Å². The van der Waals surface area contributed by atoms with Gasteiger partial charge in [-0.05, 0) is 198 Å². The smallest absolute Gasteiger partial charge is 0.319 e. The van der Waals surface area contributed by atoms with Gasteiger partial charge in [0.05, 0.1) is 70.7 Å². The van der Waals surface area contributed by atoms with Crippen LogP contribution in [0.4, 0.5) is 42.0 Å². The second kappa shape index (κ2) is 35.7. The van der Waals surface area contributed by atoms with E-state index in [0.717, 1.165) is 119 Å². The Morgan fingerprint density at radius 3 is 1.48 bits per heavy atom. The van der Waals surface area contributed by atoms with Gasteiger partial charge in [-0.1, -0.05) is 36.4 Å². The molecule has 0 saturated heterocycles. The molecule has 0 spiro atoms. The lowest BCUT2D eigenvalue weighted by Crippen LogP contribution is -2.38. The molecule has 28 heteroatoms. The van der Waals surface area contributed by atoms with Gasteiger partial charge in [0.1, 0.15) is 5.75 Å². The van der Waals surface area contributed by atoms with Crippen LogP contribution in [0.25, 0.3) is 0 Å². The number of urea groups is 2. The second-order valence-corrected chi connectivity index (χ2v) is 30.1. The number of carbonyl (C=O) groups excluding carboxylic acids is 6. The number of thiazole rings is 3. The van der Waals surface area contributed by atoms with E-state index >= 15 is 0 Å². The van der Waals surface area contributed by atoms with Crippen molar-refractivity contribution in [1.82, 2.24) is 40.3 Å². The van der Waals surface area contributed by atoms with Crippen molar-refractivity contribution in [2.45, 2.75) is 89.0 Å². The summed E-state index contributed by atoms with van der Waals surface area (Å²) in [6.07, 6.45) is 8.71. The van der Waals surface area contributed by atoms with Crippen LogP contribution in [0.2, 0.25) is 0 Å². The highest BCUT2D eigenvalue weighted by atomic mass is 32.1. The zero-order chi connectivity index (χ0) is 74.9. The van der Waals surface area contributed by atoms with Crippen molar-refractivity contribution in [1.29, 1.82) is 15.8 Å². The molecule has 0 radical (unpaired) electrons. The highest BCUT2D eigenvalue weighted by Crippen LogP contribution is 2.43. The molecule has 14 rings (SSSR count). The number of likely N-dealkylation sites (N-methyl/N-ethyl adjacent to an activating group) is 3. The molecular weight excluding hydrogens is 1410 g/mol. The Morgan fingerprint density at radius 1 is 0.523 bits per heavy atom. The van der Waals surface area contributed by atoms with Gasteiger partial charge in [-0.25, -0.2) is 24.5 Å². The fourth-order valence-electron chi connectivity index (χ4n) is 12.6. The number of methoxy groups -OCH3 is 1. The first kappa shape index (κ1) is 75.4. The zero-order valence-electron chi connectivity index (χ0n) is 59.6. The number of anilines is 6. The first-order valence-corrected chi connectivity index (χ1v) is 37.7. The molecule has 8 amide bonds. The van der Waals surface area contributed by atoms with Crippen molar-refractivity contribution >= 4 is 102 Å². The van der Waals surface area contributed by atoms with Crippen molar-refractivity contribution < 1.29 is 38.2 Å². The molecule has 6 aromatic carbocycles. The molecule has 107 heavy (non-hydrogen) atoms. The van der Waals surface area contributed by atoms with Crippen molar-refractivity contribution in [3.05, 3.63) is 222 Å². The van der Waals surface area contributed by atoms with Crippen LogP contribution in [0, 0.1) is 45.8 Å². The van der Waals surface area contributed by atoms with E-state index in [9.17, 15) is 28.8 Å². The van der Waals surface area contributed by atoms with Crippen LogP contribution in [0.15, 0.2) is 146 Å². The number of hydrogen-bond acceptors (Lipinski definition) is 20. The van der Waals surface area contributed by atoms with E-state index < -0.39 is 0 Å². The largest absolute Gasteiger partial charge is 0.484 e. The van der Waals surface area contributed by atoms with Crippen molar-refractivity contribution in [2.24, 2.45) is 11.8 Å². The van der Waals surface area contributed by atoms with Crippen LogP contribution in [0.3, 0.4) is 0 Å². The Morgan fingerprint density at radius 2 is 0.981 bits per heavy atom. The number of aryl methyl sites for hydroxylation is 1. The quantitative estimate of drug-likeness (QED) is 0.0312. The number of carbonyl (C=O) groups is 6. The number of hydrogen-bond donors (Lipinski definition) is 8. The summed E-state index contributed by atoms with van der Waals surface area (Å²) >= 11 is 4.58. The molecule has 8 N–H and O–H groups in total. The van der Waals surface area contributed by atoms with Gasteiger partial charge in [0.25, 0.3) is 23.6 Å². The summed E-state index contributed by atoms with van der Waals surface area (Å²) in [6, 6.07) is 47.1. The topological polar surface area (TPSA) is 337 Å². The predicted octanol–water partition coefficient (Wildman–Crippen LogP) is 12.8. The molecule has 9 aromatic rings. The van der Waals surface area contributed by atoms with E-state index in [-0.39, 0.29) is 54.4 Å². The number of amides is 8. The number of nitriles is 3. The third kappa shape index (κ3) is 21.1. The minimum Gasteiger partial charge on any atom is -0.484 e. The van der Waals surface area contributed by atoms with E-state index in [0.29, 0.717) is 96.1 Å². The molecule has 2 aliphatic heterocycles. The minimum atomic E-state index is -0.348. The molecule has 3 aliphatic carbocycles. The van der Waals surface area contributed by atoms with E-state index in [2.05, 4.69) is 105 Å². The Bertz CT molecular complexity index is 4840.